The van der Waals surface area contributed by atoms with Crippen LogP contribution >= 0.6 is 11.3 Å². The van der Waals surface area contributed by atoms with Gasteiger partial charge in [-0.15, -0.1) is 21.5 Å². The standard InChI is InChI=1S/C16H12N2O7S2/c19-13(16(27(22,23)24)10-4-2-1-3-5-10)9-15-17-12-7-6-11(25-18(20)21)8-14(12)26-15/h1-8,16H,9H2,(H,22,23,24). The third-order valence-corrected chi connectivity index (χ3v) is 5.75. The molecule has 0 amide bonds. The van der Waals surface area contributed by atoms with Gasteiger partial charge in [-0.2, -0.15) is 8.42 Å². The summed E-state index contributed by atoms with van der Waals surface area (Å²) in [5.74, 6) is -0.723. The lowest BCUT2D eigenvalue weighted by atomic mass is 10.1. The lowest BCUT2D eigenvalue weighted by Crippen LogP contribution is -2.23. The maximum atomic E-state index is 12.6. The SMILES string of the molecule is O=C(Cc1nc2ccc(O[N+](=O)[O-])cc2s1)C(c1ccccc1)S(=O)(=O)O. The number of fused-ring (bicyclic) bond motifs is 1. The normalized spacial score (nSPS) is 12.6. The molecule has 11 heteroatoms. The molecular weight excluding hydrogens is 396 g/mol. The molecule has 0 aliphatic rings. The first-order valence-electron chi connectivity index (χ1n) is 7.50. The molecule has 2 aromatic carbocycles. The van der Waals surface area contributed by atoms with Crippen LogP contribution in [0.4, 0.5) is 0 Å². The molecule has 27 heavy (non-hydrogen) atoms. The minimum absolute atomic E-state index is 0.00845. The number of Topliss-reactive ketones (excluding diaryl/α,β-unsaturated/α-hetero) is 1. The Labute approximate surface area is 157 Å². The van der Waals surface area contributed by atoms with E-state index in [1.165, 1.54) is 30.3 Å². The van der Waals surface area contributed by atoms with Gasteiger partial charge in [0, 0.05) is 0 Å². The number of hydrogen-bond acceptors (Lipinski definition) is 8. The third kappa shape index (κ3) is 4.45. The fourth-order valence-electron chi connectivity index (χ4n) is 2.56. The largest absolute Gasteiger partial charge is 0.299 e. The Hall–Kier alpha value is -2.89. The van der Waals surface area contributed by atoms with Gasteiger partial charge in [0.05, 0.1) is 16.6 Å². The summed E-state index contributed by atoms with van der Waals surface area (Å²) in [5.41, 5.74) is 0.648. The van der Waals surface area contributed by atoms with E-state index in [2.05, 4.69) is 9.82 Å². The molecule has 1 unspecified atom stereocenters. The molecular formula is C16H12N2O7S2. The van der Waals surface area contributed by atoms with E-state index in [1.54, 1.807) is 18.2 Å². The van der Waals surface area contributed by atoms with Crippen LogP contribution < -0.4 is 4.84 Å². The topological polar surface area (TPSA) is 137 Å². The molecule has 0 spiro atoms. The minimum atomic E-state index is -4.66. The molecule has 0 aliphatic heterocycles. The number of thiazole rings is 1. The molecule has 140 valence electrons. The highest BCUT2D eigenvalue weighted by molar-refractivity contribution is 7.86. The van der Waals surface area contributed by atoms with Crippen molar-refractivity contribution in [2.75, 3.05) is 0 Å². The van der Waals surface area contributed by atoms with E-state index in [1.807, 2.05) is 0 Å². The Kier molecular flexibility index (Phi) is 5.17. The fraction of sp³-hybridized carbons (Fsp3) is 0.125. The summed E-state index contributed by atoms with van der Waals surface area (Å²) in [6.45, 7) is 0. The molecule has 3 rings (SSSR count). The molecule has 1 heterocycles. The molecule has 0 saturated carbocycles. The third-order valence-electron chi connectivity index (χ3n) is 3.60. The zero-order valence-electron chi connectivity index (χ0n) is 13.5. The number of carbonyl (C=O) groups excluding carboxylic acids is 1. The van der Waals surface area contributed by atoms with Crippen molar-refractivity contribution in [1.82, 2.24) is 4.98 Å². The molecule has 0 bridgehead atoms. The Bertz CT molecular complexity index is 1110. The van der Waals surface area contributed by atoms with Crippen molar-refractivity contribution in [1.29, 1.82) is 0 Å². The van der Waals surface area contributed by atoms with Crippen LogP contribution in [0.3, 0.4) is 0 Å². The van der Waals surface area contributed by atoms with Gasteiger partial charge in [-0.25, -0.2) is 4.98 Å². The molecule has 0 fully saturated rings. The Morgan fingerprint density at radius 2 is 1.96 bits per heavy atom. The molecule has 1 atom stereocenters. The van der Waals surface area contributed by atoms with Crippen LogP contribution in [-0.4, -0.2) is 28.8 Å². The van der Waals surface area contributed by atoms with E-state index in [-0.39, 0.29) is 17.7 Å². The Morgan fingerprint density at radius 3 is 2.59 bits per heavy atom. The number of carbonyl (C=O) groups is 1. The Morgan fingerprint density at radius 1 is 1.26 bits per heavy atom. The number of rotatable bonds is 7. The summed E-state index contributed by atoms with van der Waals surface area (Å²) in [4.78, 5) is 31.6. The predicted octanol–water partition coefficient (Wildman–Crippen LogP) is 2.61. The molecule has 9 nitrogen and oxygen atoms in total. The van der Waals surface area contributed by atoms with Gasteiger partial charge in [0.15, 0.2) is 11.0 Å². The van der Waals surface area contributed by atoms with Gasteiger partial charge in [0.2, 0.25) is 0 Å². The van der Waals surface area contributed by atoms with E-state index >= 15 is 0 Å². The van der Waals surface area contributed by atoms with Gasteiger partial charge in [-0.1, -0.05) is 30.3 Å². The lowest BCUT2D eigenvalue weighted by molar-refractivity contribution is -0.711. The van der Waals surface area contributed by atoms with Gasteiger partial charge in [0.25, 0.3) is 15.2 Å². The van der Waals surface area contributed by atoms with E-state index in [4.69, 9.17) is 0 Å². The first-order valence-corrected chi connectivity index (χ1v) is 9.82. The number of benzene rings is 2. The number of hydrogen-bond donors (Lipinski definition) is 1. The van der Waals surface area contributed by atoms with Gasteiger partial charge in [-0.05, 0) is 23.8 Å². The fourth-order valence-corrected chi connectivity index (χ4v) is 4.49. The van der Waals surface area contributed by atoms with Crippen LogP contribution in [0.15, 0.2) is 48.5 Å². The quantitative estimate of drug-likeness (QED) is 0.358. The maximum Gasteiger partial charge on any atom is 0.299 e. The highest BCUT2D eigenvalue weighted by Gasteiger charge is 2.33. The number of ketones is 1. The van der Waals surface area contributed by atoms with E-state index in [9.17, 15) is 27.9 Å². The van der Waals surface area contributed by atoms with Crippen LogP contribution in [-0.2, 0) is 21.3 Å². The first kappa shape index (κ1) is 18.9. The van der Waals surface area contributed by atoms with Crippen LogP contribution in [0.5, 0.6) is 5.75 Å². The monoisotopic (exact) mass is 408 g/mol. The van der Waals surface area contributed by atoms with Crippen LogP contribution in [0.25, 0.3) is 10.2 Å². The van der Waals surface area contributed by atoms with E-state index < -0.39 is 26.2 Å². The summed E-state index contributed by atoms with van der Waals surface area (Å²) in [6, 6.07) is 11.9. The average Bonchev–Trinajstić information content (AvgIpc) is 2.95. The first-order chi connectivity index (χ1) is 12.7. The molecule has 0 saturated heterocycles. The second-order valence-electron chi connectivity index (χ2n) is 5.50. The summed E-state index contributed by atoms with van der Waals surface area (Å²) in [6.07, 6.45) is -0.315. The summed E-state index contributed by atoms with van der Waals surface area (Å²) < 4.78 is 33.5. The van der Waals surface area contributed by atoms with Crippen molar-refractivity contribution in [3.05, 3.63) is 69.2 Å². The van der Waals surface area contributed by atoms with E-state index in [0.717, 1.165) is 11.3 Å². The highest BCUT2D eigenvalue weighted by atomic mass is 32.2. The summed E-state index contributed by atoms with van der Waals surface area (Å²) >= 11 is 1.08. The maximum absolute atomic E-state index is 12.6. The smallest absolute Gasteiger partial charge is 0.297 e. The molecule has 0 aliphatic carbocycles. The zero-order valence-corrected chi connectivity index (χ0v) is 15.1. The van der Waals surface area contributed by atoms with Crippen LogP contribution in [0, 0.1) is 10.1 Å². The lowest BCUT2D eigenvalue weighted by Gasteiger charge is -2.12. The van der Waals surface area contributed by atoms with Gasteiger partial charge in [0.1, 0.15) is 10.8 Å². The minimum Gasteiger partial charge on any atom is -0.297 e. The number of aromatic nitrogens is 1. The Balaban J connectivity index is 1.88. The zero-order chi connectivity index (χ0) is 19.6. The molecule has 3 aromatic rings. The molecule has 0 radical (unpaired) electrons. The van der Waals surface area contributed by atoms with Gasteiger partial charge < -0.3 is 0 Å². The molecule has 1 aromatic heterocycles. The second-order valence-corrected chi connectivity index (χ2v) is 8.12. The van der Waals surface area contributed by atoms with Gasteiger partial charge in [-0.3, -0.25) is 14.2 Å². The summed E-state index contributed by atoms with van der Waals surface area (Å²) in [5, 5.41) is 8.07. The van der Waals surface area contributed by atoms with Crippen LogP contribution in [0.2, 0.25) is 0 Å². The van der Waals surface area contributed by atoms with E-state index in [0.29, 0.717) is 15.2 Å². The molecule has 1 N–H and O–H groups in total. The summed E-state index contributed by atoms with van der Waals surface area (Å²) in [7, 11) is -4.66. The van der Waals surface area contributed by atoms with Gasteiger partial charge >= 0.3 is 0 Å². The predicted molar refractivity (Wildman–Crippen MR) is 96.7 cm³/mol. The van der Waals surface area contributed by atoms with Crippen molar-refractivity contribution < 1.29 is 27.7 Å². The average molecular weight is 408 g/mol. The van der Waals surface area contributed by atoms with Crippen molar-refractivity contribution in [3.8, 4) is 5.75 Å². The number of nitrogens with zero attached hydrogens (tertiary/aromatic N) is 2. The van der Waals surface area contributed by atoms with Crippen molar-refractivity contribution in [2.24, 2.45) is 0 Å². The second kappa shape index (κ2) is 7.39. The highest BCUT2D eigenvalue weighted by Crippen LogP contribution is 2.29. The van der Waals surface area contributed by atoms with Crippen molar-refractivity contribution in [3.63, 3.8) is 0 Å². The van der Waals surface area contributed by atoms with Crippen LogP contribution in [0.1, 0.15) is 15.8 Å². The van der Waals surface area contributed by atoms with Crippen molar-refractivity contribution >= 4 is 37.5 Å². The van der Waals surface area contributed by atoms with Crippen molar-refractivity contribution in [2.45, 2.75) is 11.7 Å².